The van der Waals surface area contributed by atoms with Gasteiger partial charge >= 0.3 is 0 Å². The van der Waals surface area contributed by atoms with Crippen LogP contribution in [0.5, 0.6) is 5.75 Å². The van der Waals surface area contributed by atoms with E-state index in [1.54, 1.807) is 25.1 Å². The molecule has 2 aromatic carbocycles. The average Bonchev–Trinajstić information content (AvgIpc) is 2.70. The summed E-state index contributed by atoms with van der Waals surface area (Å²) in [4.78, 5) is 17.3. The molecule has 150 valence electrons. The Morgan fingerprint density at radius 1 is 1.18 bits per heavy atom. The molecule has 1 saturated heterocycles. The largest absolute Gasteiger partial charge is 0.480 e. The van der Waals surface area contributed by atoms with Gasteiger partial charge in [0, 0.05) is 42.6 Å². The van der Waals surface area contributed by atoms with Crippen LogP contribution in [0.15, 0.2) is 46.9 Å². The Morgan fingerprint density at radius 2 is 1.86 bits per heavy atom. The van der Waals surface area contributed by atoms with E-state index < -0.39 is 6.10 Å². The zero-order valence-corrected chi connectivity index (χ0v) is 18.5. The van der Waals surface area contributed by atoms with Gasteiger partial charge in [0.05, 0.1) is 4.47 Å². The van der Waals surface area contributed by atoms with Crippen molar-refractivity contribution in [3.05, 3.63) is 52.0 Å². The average molecular weight is 467 g/mol. The SMILES string of the molecule is CCN1CCN(c2ccc(NC(=O)C(C)Oc3ccc(Cl)cc3Br)cc2)CC1. The maximum absolute atomic E-state index is 12.5. The van der Waals surface area contributed by atoms with Crippen LogP contribution in [0.2, 0.25) is 5.02 Å². The number of benzene rings is 2. The van der Waals surface area contributed by atoms with E-state index in [-0.39, 0.29) is 5.91 Å². The summed E-state index contributed by atoms with van der Waals surface area (Å²) >= 11 is 9.33. The van der Waals surface area contributed by atoms with Gasteiger partial charge in [0.1, 0.15) is 5.75 Å². The molecule has 0 saturated carbocycles. The first-order chi connectivity index (χ1) is 13.5. The minimum atomic E-state index is -0.640. The second-order valence-corrected chi connectivity index (χ2v) is 8.08. The summed E-state index contributed by atoms with van der Waals surface area (Å²) < 4.78 is 6.46. The molecule has 3 rings (SSSR count). The summed E-state index contributed by atoms with van der Waals surface area (Å²) in [6.07, 6.45) is -0.640. The van der Waals surface area contributed by atoms with Crippen LogP contribution in [0.3, 0.4) is 0 Å². The van der Waals surface area contributed by atoms with Crippen LogP contribution < -0.4 is 15.0 Å². The number of carbonyl (C=O) groups excluding carboxylic acids is 1. The van der Waals surface area contributed by atoms with E-state index in [9.17, 15) is 4.79 Å². The van der Waals surface area contributed by atoms with Crippen molar-refractivity contribution in [3.8, 4) is 5.75 Å². The second kappa shape index (κ2) is 9.63. The number of ether oxygens (including phenoxy) is 1. The number of amides is 1. The molecule has 7 heteroatoms. The molecule has 28 heavy (non-hydrogen) atoms. The lowest BCUT2D eigenvalue weighted by Crippen LogP contribution is -2.46. The molecule has 2 aromatic rings. The Bertz CT molecular complexity index is 808. The summed E-state index contributed by atoms with van der Waals surface area (Å²) in [6.45, 7) is 9.25. The zero-order valence-electron chi connectivity index (χ0n) is 16.1. The minimum absolute atomic E-state index is 0.203. The van der Waals surface area contributed by atoms with Crippen molar-refractivity contribution in [2.45, 2.75) is 20.0 Å². The molecule has 0 radical (unpaired) electrons. The van der Waals surface area contributed by atoms with Crippen molar-refractivity contribution in [1.29, 1.82) is 0 Å². The van der Waals surface area contributed by atoms with Crippen molar-refractivity contribution in [2.75, 3.05) is 42.9 Å². The molecule has 1 heterocycles. The normalized spacial score (nSPS) is 15.9. The molecule has 1 aliphatic rings. The van der Waals surface area contributed by atoms with E-state index >= 15 is 0 Å². The summed E-state index contributed by atoms with van der Waals surface area (Å²) in [5.74, 6) is 0.375. The molecule has 0 bridgehead atoms. The Kier molecular flexibility index (Phi) is 7.21. The highest BCUT2D eigenvalue weighted by atomic mass is 79.9. The fourth-order valence-corrected chi connectivity index (χ4v) is 3.91. The van der Waals surface area contributed by atoms with Gasteiger partial charge in [-0.15, -0.1) is 0 Å². The second-order valence-electron chi connectivity index (χ2n) is 6.79. The first-order valence-corrected chi connectivity index (χ1v) is 10.6. The van der Waals surface area contributed by atoms with Gasteiger partial charge in [0.15, 0.2) is 6.10 Å². The van der Waals surface area contributed by atoms with Gasteiger partial charge in [-0.2, -0.15) is 0 Å². The van der Waals surface area contributed by atoms with Crippen LogP contribution in [-0.2, 0) is 4.79 Å². The van der Waals surface area contributed by atoms with Crippen molar-refractivity contribution >= 4 is 44.8 Å². The van der Waals surface area contributed by atoms with Gasteiger partial charge in [-0.25, -0.2) is 0 Å². The molecular formula is C21H25BrClN3O2. The van der Waals surface area contributed by atoms with E-state index in [1.807, 2.05) is 12.1 Å². The highest BCUT2D eigenvalue weighted by molar-refractivity contribution is 9.10. The van der Waals surface area contributed by atoms with Crippen molar-refractivity contribution in [3.63, 3.8) is 0 Å². The number of nitrogens with zero attached hydrogens (tertiary/aromatic N) is 2. The molecule has 1 amide bonds. The third-order valence-corrected chi connectivity index (χ3v) is 5.74. The van der Waals surface area contributed by atoms with Crippen LogP contribution >= 0.6 is 27.5 Å². The number of hydrogen-bond donors (Lipinski definition) is 1. The molecule has 0 aromatic heterocycles. The van der Waals surface area contributed by atoms with Crippen LogP contribution in [0.1, 0.15) is 13.8 Å². The Balaban J connectivity index is 1.55. The number of nitrogens with one attached hydrogen (secondary N) is 1. The molecule has 0 spiro atoms. The Labute approximate surface area is 179 Å². The molecule has 1 N–H and O–H groups in total. The lowest BCUT2D eigenvalue weighted by molar-refractivity contribution is -0.122. The van der Waals surface area contributed by atoms with E-state index in [1.165, 1.54) is 5.69 Å². The van der Waals surface area contributed by atoms with Gasteiger partial charge in [-0.1, -0.05) is 18.5 Å². The highest BCUT2D eigenvalue weighted by Crippen LogP contribution is 2.29. The maximum atomic E-state index is 12.5. The van der Waals surface area contributed by atoms with Crippen molar-refractivity contribution in [1.82, 2.24) is 4.90 Å². The van der Waals surface area contributed by atoms with Gasteiger partial charge in [0.25, 0.3) is 5.91 Å². The number of hydrogen-bond acceptors (Lipinski definition) is 4. The number of anilines is 2. The number of rotatable bonds is 6. The summed E-state index contributed by atoms with van der Waals surface area (Å²) in [5, 5.41) is 3.51. The third-order valence-electron chi connectivity index (χ3n) is 4.89. The lowest BCUT2D eigenvalue weighted by atomic mass is 10.2. The third kappa shape index (κ3) is 5.40. The van der Waals surface area contributed by atoms with E-state index in [0.29, 0.717) is 15.2 Å². The molecule has 0 aliphatic carbocycles. The maximum Gasteiger partial charge on any atom is 0.265 e. The van der Waals surface area contributed by atoms with Gasteiger partial charge in [-0.3, -0.25) is 4.79 Å². The number of halogens is 2. The number of likely N-dealkylation sites (N-methyl/N-ethyl adjacent to an activating group) is 1. The Morgan fingerprint density at radius 3 is 2.46 bits per heavy atom. The summed E-state index contributed by atoms with van der Waals surface area (Å²) in [5.41, 5.74) is 1.94. The first-order valence-electron chi connectivity index (χ1n) is 9.46. The predicted octanol–water partition coefficient (Wildman–Crippen LogP) is 4.65. The van der Waals surface area contributed by atoms with Crippen molar-refractivity contribution < 1.29 is 9.53 Å². The molecule has 5 nitrogen and oxygen atoms in total. The monoisotopic (exact) mass is 465 g/mol. The van der Waals surface area contributed by atoms with Crippen LogP contribution in [0, 0.1) is 0 Å². The molecule has 1 unspecified atom stereocenters. The Hall–Kier alpha value is -1.76. The van der Waals surface area contributed by atoms with Crippen molar-refractivity contribution in [2.24, 2.45) is 0 Å². The fourth-order valence-electron chi connectivity index (χ4n) is 3.14. The quantitative estimate of drug-likeness (QED) is 0.673. The number of carbonyl (C=O) groups is 1. The number of piperazine rings is 1. The molecule has 1 fully saturated rings. The first kappa shape index (κ1) is 21.0. The smallest absolute Gasteiger partial charge is 0.265 e. The van der Waals surface area contributed by atoms with Gasteiger partial charge in [0.2, 0.25) is 0 Å². The van der Waals surface area contributed by atoms with Gasteiger partial charge in [-0.05, 0) is 71.9 Å². The van der Waals surface area contributed by atoms with Gasteiger partial charge < -0.3 is 19.9 Å². The highest BCUT2D eigenvalue weighted by Gasteiger charge is 2.18. The zero-order chi connectivity index (χ0) is 20.1. The molecular weight excluding hydrogens is 442 g/mol. The predicted molar refractivity (Wildman–Crippen MR) is 119 cm³/mol. The minimum Gasteiger partial charge on any atom is -0.480 e. The fraction of sp³-hybridized carbons (Fsp3) is 0.381. The summed E-state index contributed by atoms with van der Waals surface area (Å²) in [7, 11) is 0. The topological polar surface area (TPSA) is 44.8 Å². The molecule has 1 aliphatic heterocycles. The summed E-state index contributed by atoms with van der Waals surface area (Å²) in [6, 6.07) is 13.2. The molecule has 1 atom stereocenters. The van der Waals surface area contributed by atoms with E-state index in [4.69, 9.17) is 16.3 Å². The van der Waals surface area contributed by atoms with E-state index in [0.717, 1.165) is 38.4 Å². The van der Waals surface area contributed by atoms with Crippen LogP contribution in [0.4, 0.5) is 11.4 Å². The van der Waals surface area contributed by atoms with Crippen LogP contribution in [0.25, 0.3) is 0 Å². The standard InChI is InChI=1S/C21H25BrClN3O2/c1-3-25-10-12-26(13-11-25)18-7-5-17(6-8-18)24-21(27)15(2)28-20-9-4-16(23)14-19(20)22/h4-9,14-15H,3,10-13H2,1-2H3,(H,24,27). The lowest BCUT2D eigenvalue weighted by Gasteiger charge is -2.35. The van der Waals surface area contributed by atoms with E-state index in [2.05, 4.69) is 50.1 Å². The van der Waals surface area contributed by atoms with Crippen LogP contribution in [-0.4, -0.2) is 49.6 Å².